The van der Waals surface area contributed by atoms with Crippen molar-refractivity contribution in [3.8, 4) is 0 Å². The summed E-state index contributed by atoms with van der Waals surface area (Å²) in [4.78, 5) is 39.6. The SMILES string of the molecule is COC(=O)CC[C@H](NC(=O)c1ccc2ccccc2n1)C(=O)OC. The van der Waals surface area contributed by atoms with E-state index in [1.807, 2.05) is 18.2 Å². The summed E-state index contributed by atoms with van der Waals surface area (Å²) in [5, 5.41) is 3.45. The third-order valence-corrected chi connectivity index (χ3v) is 3.49. The van der Waals surface area contributed by atoms with Gasteiger partial charge < -0.3 is 14.8 Å². The average molecular weight is 330 g/mol. The maximum absolute atomic E-state index is 12.3. The van der Waals surface area contributed by atoms with Gasteiger partial charge in [0.05, 0.1) is 19.7 Å². The molecule has 0 saturated heterocycles. The predicted molar refractivity (Wildman–Crippen MR) is 86.3 cm³/mol. The van der Waals surface area contributed by atoms with E-state index in [0.717, 1.165) is 5.39 Å². The molecule has 0 saturated carbocycles. The number of hydrogen-bond acceptors (Lipinski definition) is 6. The highest BCUT2D eigenvalue weighted by Crippen LogP contribution is 2.12. The number of benzene rings is 1. The van der Waals surface area contributed by atoms with Gasteiger partial charge in [-0.25, -0.2) is 9.78 Å². The van der Waals surface area contributed by atoms with Crippen molar-refractivity contribution in [2.24, 2.45) is 0 Å². The van der Waals surface area contributed by atoms with E-state index in [0.29, 0.717) is 5.52 Å². The molecule has 1 aromatic carbocycles. The van der Waals surface area contributed by atoms with Gasteiger partial charge in [0, 0.05) is 11.8 Å². The van der Waals surface area contributed by atoms with Crippen LogP contribution in [-0.2, 0) is 19.1 Å². The zero-order chi connectivity index (χ0) is 17.5. The van der Waals surface area contributed by atoms with Crippen LogP contribution in [0.25, 0.3) is 10.9 Å². The number of pyridine rings is 1. The molecule has 2 aromatic rings. The Kier molecular flexibility index (Phi) is 5.83. The van der Waals surface area contributed by atoms with Gasteiger partial charge in [-0.3, -0.25) is 9.59 Å². The zero-order valence-corrected chi connectivity index (χ0v) is 13.4. The molecule has 126 valence electrons. The summed E-state index contributed by atoms with van der Waals surface area (Å²) in [6.45, 7) is 0. The summed E-state index contributed by atoms with van der Waals surface area (Å²) in [5.41, 5.74) is 0.856. The van der Waals surface area contributed by atoms with Crippen molar-refractivity contribution in [2.75, 3.05) is 14.2 Å². The number of aromatic nitrogens is 1. The van der Waals surface area contributed by atoms with Crippen LogP contribution < -0.4 is 5.32 Å². The van der Waals surface area contributed by atoms with Crippen LogP contribution in [0.15, 0.2) is 36.4 Å². The molecule has 0 aliphatic rings. The first kappa shape index (κ1) is 17.4. The summed E-state index contributed by atoms with van der Waals surface area (Å²) in [6.07, 6.45) is 0.0698. The van der Waals surface area contributed by atoms with Crippen molar-refractivity contribution in [3.63, 3.8) is 0 Å². The number of rotatable bonds is 6. The Morgan fingerprint density at radius 2 is 1.83 bits per heavy atom. The van der Waals surface area contributed by atoms with Crippen LogP contribution in [0.3, 0.4) is 0 Å². The van der Waals surface area contributed by atoms with Crippen molar-refractivity contribution in [1.82, 2.24) is 10.3 Å². The van der Waals surface area contributed by atoms with Crippen LogP contribution in [0.4, 0.5) is 0 Å². The fourth-order valence-electron chi connectivity index (χ4n) is 2.18. The number of fused-ring (bicyclic) bond motifs is 1. The lowest BCUT2D eigenvalue weighted by Crippen LogP contribution is -2.42. The van der Waals surface area contributed by atoms with Crippen LogP contribution in [0.1, 0.15) is 23.3 Å². The summed E-state index contributed by atoms with van der Waals surface area (Å²) in [7, 11) is 2.47. The number of nitrogens with one attached hydrogen (secondary N) is 1. The van der Waals surface area contributed by atoms with E-state index in [-0.39, 0.29) is 18.5 Å². The Balaban J connectivity index is 2.12. The minimum Gasteiger partial charge on any atom is -0.469 e. The van der Waals surface area contributed by atoms with Gasteiger partial charge >= 0.3 is 11.9 Å². The van der Waals surface area contributed by atoms with E-state index in [4.69, 9.17) is 0 Å². The molecule has 0 aliphatic carbocycles. The average Bonchev–Trinajstić information content (AvgIpc) is 2.63. The van der Waals surface area contributed by atoms with Gasteiger partial charge in [-0.05, 0) is 18.6 Å². The first-order valence-electron chi connectivity index (χ1n) is 7.36. The number of esters is 2. The second-order valence-electron chi connectivity index (χ2n) is 5.05. The second kappa shape index (κ2) is 8.05. The Morgan fingerprint density at radius 1 is 1.08 bits per heavy atom. The molecule has 1 heterocycles. The molecule has 7 nitrogen and oxygen atoms in total. The molecule has 0 aliphatic heterocycles. The van der Waals surface area contributed by atoms with E-state index in [9.17, 15) is 14.4 Å². The maximum atomic E-state index is 12.3. The van der Waals surface area contributed by atoms with Crippen LogP contribution in [-0.4, -0.2) is 43.1 Å². The molecule has 1 amide bonds. The molecule has 1 N–H and O–H groups in total. The van der Waals surface area contributed by atoms with E-state index in [1.165, 1.54) is 14.2 Å². The van der Waals surface area contributed by atoms with Crippen LogP contribution >= 0.6 is 0 Å². The molecule has 0 radical (unpaired) electrons. The third kappa shape index (κ3) is 4.28. The molecular formula is C17H18N2O5. The van der Waals surface area contributed by atoms with Gasteiger partial charge in [0.15, 0.2) is 0 Å². The first-order valence-corrected chi connectivity index (χ1v) is 7.36. The largest absolute Gasteiger partial charge is 0.469 e. The second-order valence-corrected chi connectivity index (χ2v) is 5.05. The molecule has 0 unspecified atom stereocenters. The topological polar surface area (TPSA) is 94.6 Å². The van der Waals surface area contributed by atoms with Crippen molar-refractivity contribution < 1.29 is 23.9 Å². The summed E-state index contributed by atoms with van der Waals surface area (Å²) < 4.78 is 9.19. The first-order chi connectivity index (χ1) is 11.5. The number of methoxy groups -OCH3 is 2. The lowest BCUT2D eigenvalue weighted by Gasteiger charge is -2.15. The monoisotopic (exact) mass is 330 g/mol. The minimum atomic E-state index is -0.949. The molecule has 0 fully saturated rings. The number of nitrogens with zero attached hydrogens (tertiary/aromatic N) is 1. The van der Waals surface area contributed by atoms with Gasteiger partial charge in [0.25, 0.3) is 5.91 Å². The maximum Gasteiger partial charge on any atom is 0.328 e. The third-order valence-electron chi connectivity index (χ3n) is 3.49. The Labute approximate surface area is 139 Å². The molecule has 7 heteroatoms. The number of carbonyl (C=O) groups excluding carboxylic acids is 3. The van der Waals surface area contributed by atoms with E-state index in [2.05, 4.69) is 19.8 Å². The molecule has 1 atom stereocenters. The summed E-state index contributed by atoms with van der Waals surface area (Å²) >= 11 is 0. The lowest BCUT2D eigenvalue weighted by atomic mass is 10.1. The van der Waals surface area contributed by atoms with Crippen LogP contribution in [0.5, 0.6) is 0 Å². The van der Waals surface area contributed by atoms with Crippen molar-refractivity contribution >= 4 is 28.7 Å². The van der Waals surface area contributed by atoms with Gasteiger partial charge in [-0.15, -0.1) is 0 Å². The van der Waals surface area contributed by atoms with E-state index >= 15 is 0 Å². The highest BCUT2D eigenvalue weighted by atomic mass is 16.5. The van der Waals surface area contributed by atoms with Crippen LogP contribution in [0, 0.1) is 0 Å². The highest BCUT2D eigenvalue weighted by Gasteiger charge is 2.23. The van der Waals surface area contributed by atoms with Crippen molar-refractivity contribution in [2.45, 2.75) is 18.9 Å². The number of para-hydroxylation sites is 1. The quantitative estimate of drug-likeness (QED) is 0.806. The highest BCUT2D eigenvalue weighted by molar-refractivity contribution is 5.97. The van der Waals surface area contributed by atoms with E-state index in [1.54, 1.807) is 18.2 Å². The number of hydrogen-bond donors (Lipinski definition) is 1. The molecule has 0 bridgehead atoms. The van der Waals surface area contributed by atoms with Gasteiger partial charge in [0.2, 0.25) is 0 Å². The predicted octanol–water partition coefficient (Wildman–Crippen LogP) is 1.46. The summed E-state index contributed by atoms with van der Waals surface area (Å²) in [5.74, 6) is -1.61. The molecule has 1 aromatic heterocycles. The number of amides is 1. The zero-order valence-electron chi connectivity index (χ0n) is 13.4. The normalized spacial score (nSPS) is 11.6. The number of carbonyl (C=O) groups is 3. The van der Waals surface area contributed by atoms with Crippen molar-refractivity contribution in [3.05, 3.63) is 42.1 Å². The van der Waals surface area contributed by atoms with Crippen LogP contribution in [0.2, 0.25) is 0 Å². The van der Waals surface area contributed by atoms with Crippen molar-refractivity contribution in [1.29, 1.82) is 0 Å². The fourth-order valence-corrected chi connectivity index (χ4v) is 2.18. The Bertz CT molecular complexity index is 759. The fraction of sp³-hybridized carbons (Fsp3) is 0.294. The molecular weight excluding hydrogens is 312 g/mol. The van der Waals surface area contributed by atoms with Gasteiger partial charge in [-0.2, -0.15) is 0 Å². The Morgan fingerprint density at radius 3 is 2.54 bits per heavy atom. The minimum absolute atomic E-state index is 0.0122. The summed E-state index contributed by atoms with van der Waals surface area (Å²) in [6, 6.07) is 9.79. The molecule has 0 spiro atoms. The van der Waals surface area contributed by atoms with E-state index < -0.39 is 23.9 Å². The van der Waals surface area contributed by atoms with Gasteiger partial charge in [0.1, 0.15) is 11.7 Å². The standard InChI is InChI=1S/C17H18N2O5/c1-23-15(20)10-9-14(17(22)24-2)19-16(21)13-8-7-11-5-3-4-6-12(11)18-13/h3-8,14H,9-10H2,1-2H3,(H,19,21)/t14-/m0/s1. The smallest absolute Gasteiger partial charge is 0.328 e. The van der Waals surface area contributed by atoms with Gasteiger partial charge in [-0.1, -0.05) is 24.3 Å². The lowest BCUT2D eigenvalue weighted by molar-refractivity contribution is -0.144. The molecule has 24 heavy (non-hydrogen) atoms. The Hall–Kier alpha value is -2.96. The number of ether oxygens (including phenoxy) is 2. The molecule has 2 rings (SSSR count).